The van der Waals surface area contributed by atoms with Gasteiger partial charge in [0.05, 0.1) is 12.1 Å². The number of fused-ring (bicyclic) bond motifs is 1. The maximum absolute atomic E-state index is 14.1. The second-order valence-corrected chi connectivity index (χ2v) is 9.56. The van der Waals surface area contributed by atoms with Crippen LogP contribution in [0, 0.1) is 23.6 Å². The van der Waals surface area contributed by atoms with Crippen LogP contribution >= 0.6 is 0 Å². The Bertz CT molecular complexity index is 1240. The van der Waals surface area contributed by atoms with E-state index in [1.165, 1.54) is 12.1 Å². The quantitative estimate of drug-likeness (QED) is 0.568. The fourth-order valence-electron chi connectivity index (χ4n) is 3.71. The normalized spacial score (nSPS) is 14.5. The smallest absolute Gasteiger partial charge is 0.273 e. The predicted octanol–water partition coefficient (Wildman–Crippen LogP) is 3.63. The standard InChI is InChI=1S/C26H27FN4O2/c1-5-16-6-8-17(9-7-16)15-31-21-13-10-18(27)14-20(21)22(30-31)24(32)29-23(26(2,3)4)25(33)28-19-11-12-19/h1,6-10,13-14,19,23H,11-12,15H2,2-4H3,(H,28,33)(H,29,32). The molecule has 1 aliphatic carbocycles. The van der Waals surface area contributed by atoms with Crippen LogP contribution in [0.1, 0.15) is 55.2 Å². The van der Waals surface area contributed by atoms with Gasteiger partial charge < -0.3 is 10.6 Å². The summed E-state index contributed by atoms with van der Waals surface area (Å²) >= 11 is 0. The minimum Gasteiger partial charge on any atom is -0.352 e. The molecule has 0 saturated heterocycles. The first kappa shape index (κ1) is 22.5. The lowest BCUT2D eigenvalue weighted by Crippen LogP contribution is -2.54. The van der Waals surface area contributed by atoms with Crippen molar-refractivity contribution >= 4 is 22.7 Å². The summed E-state index contributed by atoms with van der Waals surface area (Å²) in [4.78, 5) is 26.1. The largest absolute Gasteiger partial charge is 0.352 e. The molecule has 1 saturated carbocycles. The van der Waals surface area contributed by atoms with Crippen LogP contribution in [-0.2, 0) is 11.3 Å². The van der Waals surface area contributed by atoms with Gasteiger partial charge in [0.15, 0.2) is 5.69 Å². The van der Waals surface area contributed by atoms with E-state index in [-0.39, 0.29) is 17.6 Å². The molecule has 170 valence electrons. The van der Waals surface area contributed by atoms with Gasteiger partial charge in [-0.05, 0) is 54.2 Å². The van der Waals surface area contributed by atoms with Gasteiger partial charge in [-0.2, -0.15) is 5.10 Å². The monoisotopic (exact) mass is 446 g/mol. The van der Waals surface area contributed by atoms with Crippen LogP contribution in [0.5, 0.6) is 0 Å². The third-order valence-electron chi connectivity index (χ3n) is 5.71. The Morgan fingerprint density at radius 2 is 1.91 bits per heavy atom. The van der Waals surface area contributed by atoms with E-state index in [4.69, 9.17) is 6.42 Å². The van der Waals surface area contributed by atoms with Gasteiger partial charge >= 0.3 is 0 Å². The first-order valence-corrected chi connectivity index (χ1v) is 11.0. The van der Waals surface area contributed by atoms with Crippen molar-refractivity contribution < 1.29 is 14.0 Å². The fraction of sp³-hybridized carbons (Fsp3) is 0.346. The number of carbonyl (C=O) groups excluding carboxylic acids is 2. The number of rotatable bonds is 6. The van der Waals surface area contributed by atoms with E-state index in [1.807, 2.05) is 45.0 Å². The summed E-state index contributed by atoms with van der Waals surface area (Å²) in [6, 6.07) is 11.1. The molecule has 2 aromatic carbocycles. The molecule has 1 aromatic heterocycles. The van der Waals surface area contributed by atoms with E-state index in [0.29, 0.717) is 17.4 Å². The summed E-state index contributed by atoms with van der Waals surface area (Å²) in [5, 5.41) is 10.7. The topological polar surface area (TPSA) is 76.0 Å². The van der Waals surface area contributed by atoms with Crippen LogP contribution < -0.4 is 10.6 Å². The Hall–Kier alpha value is -3.66. The van der Waals surface area contributed by atoms with Gasteiger partial charge in [0, 0.05) is 17.0 Å². The number of hydrogen-bond acceptors (Lipinski definition) is 3. The summed E-state index contributed by atoms with van der Waals surface area (Å²) in [5.74, 6) is 1.38. The highest BCUT2D eigenvalue weighted by Gasteiger charge is 2.36. The lowest BCUT2D eigenvalue weighted by atomic mass is 9.86. The van der Waals surface area contributed by atoms with Crippen LogP contribution in [-0.4, -0.2) is 33.7 Å². The Morgan fingerprint density at radius 1 is 1.21 bits per heavy atom. The molecule has 0 spiro atoms. The van der Waals surface area contributed by atoms with E-state index >= 15 is 0 Å². The zero-order chi connectivity index (χ0) is 23.8. The molecule has 0 bridgehead atoms. The van der Waals surface area contributed by atoms with Crippen LogP contribution in [0.15, 0.2) is 42.5 Å². The molecular formula is C26H27FN4O2. The average molecular weight is 447 g/mol. The molecule has 2 amide bonds. The number of nitrogens with zero attached hydrogens (tertiary/aromatic N) is 2. The molecule has 1 atom stereocenters. The van der Waals surface area contributed by atoms with Crippen molar-refractivity contribution in [3.8, 4) is 12.3 Å². The molecule has 2 N–H and O–H groups in total. The van der Waals surface area contributed by atoms with Crippen LogP contribution in [0.25, 0.3) is 10.9 Å². The van der Waals surface area contributed by atoms with Gasteiger partial charge in [0.2, 0.25) is 5.91 Å². The molecule has 1 fully saturated rings. The van der Waals surface area contributed by atoms with Gasteiger partial charge in [0.1, 0.15) is 11.9 Å². The van der Waals surface area contributed by atoms with Crippen molar-refractivity contribution in [2.45, 2.75) is 52.2 Å². The minimum atomic E-state index is -0.754. The second-order valence-electron chi connectivity index (χ2n) is 9.56. The Morgan fingerprint density at radius 3 is 2.52 bits per heavy atom. The number of terminal acetylenes is 1. The first-order chi connectivity index (χ1) is 15.7. The van der Waals surface area contributed by atoms with Gasteiger partial charge in [0.25, 0.3) is 5.91 Å². The van der Waals surface area contributed by atoms with E-state index in [0.717, 1.165) is 24.0 Å². The molecule has 0 radical (unpaired) electrons. The second kappa shape index (κ2) is 8.70. The van der Waals surface area contributed by atoms with E-state index in [9.17, 15) is 14.0 Å². The number of carbonyl (C=O) groups is 2. The maximum Gasteiger partial charge on any atom is 0.273 e. The SMILES string of the molecule is C#Cc1ccc(Cn2nc(C(=O)NC(C(=O)NC3CC3)C(C)(C)C)c3cc(F)ccc32)cc1. The van der Waals surface area contributed by atoms with E-state index in [1.54, 1.807) is 10.7 Å². The highest BCUT2D eigenvalue weighted by Crippen LogP contribution is 2.25. The molecule has 3 aromatic rings. The van der Waals surface area contributed by atoms with Gasteiger partial charge in [-0.3, -0.25) is 14.3 Å². The highest BCUT2D eigenvalue weighted by molar-refractivity contribution is 6.06. The zero-order valence-corrected chi connectivity index (χ0v) is 19.0. The summed E-state index contributed by atoms with van der Waals surface area (Å²) in [5.41, 5.74) is 1.89. The molecular weight excluding hydrogens is 419 g/mol. The van der Waals surface area contributed by atoms with Crippen molar-refractivity contribution in [3.05, 3.63) is 65.1 Å². The molecule has 7 heteroatoms. The summed E-state index contributed by atoms with van der Waals surface area (Å²) in [7, 11) is 0. The number of halogens is 1. The van der Waals surface area contributed by atoms with E-state index in [2.05, 4.69) is 21.7 Å². The third-order valence-corrected chi connectivity index (χ3v) is 5.71. The molecule has 6 nitrogen and oxygen atoms in total. The number of hydrogen-bond donors (Lipinski definition) is 2. The lowest BCUT2D eigenvalue weighted by Gasteiger charge is -2.30. The maximum atomic E-state index is 14.1. The average Bonchev–Trinajstić information content (AvgIpc) is 3.51. The number of aromatic nitrogens is 2. The van der Waals surface area contributed by atoms with Crippen molar-refractivity contribution in [2.75, 3.05) is 0 Å². The van der Waals surface area contributed by atoms with Gasteiger partial charge in [-0.15, -0.1) is 6.42 Å². The summed E-state index contributed by atoms with van der Waals surface area (Å²) in [6.07, 6.45) is 7.33. The molecule has 0 aliphatic heterocycles. The van der Waals surface area contributed by atoms with Gasteiger partial charge in [-0.1, -0.05) is 38.8 Å². The number of nitrogens with one attached hydrogen (secondary N) is 2. The highest BCUT2D eigenvalue weighted by atomic mass is 19.1. The van der Waals surface area contributed by atoms with Crippen molar-refractivity contribution in [3.63, 3.8) is 0 Å². The molecule has 33 heavy (non-hydrogen) atoms. The zero-order valence-electron chi connectivity index (χ0n) is 19.0. The van der Waals surface area contributed by atoms with Crippen LogP contribution in [0.4, 0.5) is 4.39 Å². The number of benzene rings is 2. The fourth-order valence-corrected chi connectivity index (χ4v) is 3.71. The Kier molecular flexibility index (Phi) is 5.94. The number of amides is 2. The van der Waals surface area contributed by atoms with Crippen LogP contribution in [0.2, 0.25) is 0 Å². The molecule has 4 rings (SSSR count). The minimum absolute atomic E-state index is 0.0817. The van der Waals surface area contributed by atoms with Crippen molar-refractivity contribution in [1.29, 1.82) is 0 Å². The van der Waals surface area contributed by atoms with Crippen LogP contribution in [0.3, 0.4) is 0 Å². The third kappa shape index (κ3) is 5.06. The molecule has 1 aliphatic rings. The molecule has 1 heterocycles. The Balaban J connectivity index is 1.65. The summed E-state index contributed by atoms with van der Waals surface area (Å²) < 4.78 is 15.7. The predicted molar refractivity (Wildman–Crippen MR) is 125 cm³/mol. The summed E-state index contributed by atoms with van der Waals surface area (Å²) in [6.45, 7) is 6.05. The lowest BCUT2D eigenvalue weighted by molar-refractivity contribution is -0.125. The van der Waals surface area contributed by atoms with E-state index < -0.39 is 23.2 Å². The first-order valence-electron chi connectivity index (χ1n) is 11.0. The van der Waals surface area contributed by atoms with Gasteiger partial charge in [-0.25, -0.2) is 4.39 Å². The van der Waals surface area contributed by atoms with Crippen molar-refractivity contribution in [2.24, 2.45) is 5.41 Å². The molecule has 1 unspecified atom stereocenters. The van der Waals surface area contributed by atoms with Crippen molar-refractivity contribution in [1.82, 2.24) is 20.4 Å². The Labute approximate surface area is 192 Å².